The van der Waals surface area contributed by atoms with Crippen LogP contribution in [0.25, 0.3) is 0 Å². The largest absolute Gasteiger partial charge is 0.497 e. The van der Waals surface area contributed by atoms with Gasteiger partial charge in [0, 0.05) is 24.7 Å². The number of carbonyl (C=O) groups is 2. The fourth-order valence-electron chi connectivity index (χ4n) is 2.90. The van der Waals surface area contributed by atoms with Crippen LogP contribution in [0.4, 0.5) is 15.8 Å². The number of anilines is 2. The molecule has 1 N–H and O–H groups in total. The number of rotatable bonds is 5. The molecular weight excluding hydrogens is 339 g/mol. The average molecular weight is 358 g/mol. The van der Waals surface area contributed by atoms with E-state index in [-0.39, 0.29) is 30.6 Å². The van der Waals surface area contributed by atoms with E-state index in [9.17, 15) is 14.0 Å². The molecule has 7 heteroatoms. The van der Waals surface area contributed by atoms with Crippen LogP contribution in [0.2, 0.25) is 0 Å². The second-order valence-electron chi connectivity index (χ2n) is 5.94. The monoisotopic (exact) mass is 358 g/mol. The number of benzene rings is 2. The van der Waals surface area contributed by atoms with Gasteiger partial charge < -0.3 is 19.7 Å². The fraction of sp³-hybridized carbons (Fsp3) is 0.263. The summed E-state index contributed by atoms with van der Waals surface area (Å²) in [6.07, 6.45) is 0.0907. The molecule has 6 nitrogen and oxygen atoms in total. The van der Waals surface area contributed by atoms with Crippen molar-refractivity contribution in [3.05, 3.63) is 48.3 Å². The molecule has 136 valence electrons. The lowest BCUT2D eigenvalue weighted by atomic mass is 10.1. The Morgan fingerprint density at radius 2 is 1.88 bits per heavy atom. The van der Waals surface area contributed by atoms with Crippen LogP contribution in [-0.2, 0) is 9.59 Å². The first-order valence-corrected chi connectivity index (χ1v) is 8.10. The summed E-state index contributed by atoms with van der Waals surface area (Å²) in [7, 11) is 3.06. The highest BCUT2D eigenvalue weighted by atomic mass is 19.1. The Labute approximate surface area is 150 Å². The summed E-state index contributed by atoms with van der Waals surface area (Å²) < 4.78 is 23.5. The van der Waals surface area contributed by atoms with Crippen molar-refractivity contribution in [2.45, 2.75) is 6.42 Å². The zero-order valence-corrected chi connectivity index (χ0v) is 14.5. The van der Waals surface area contributed by atoms with Crippen molar-refractivity contribution in [3.8, 4) is 11.5 Å². The molecule has 1 heterocycles. The minimum atomic E-state index is -0.511. The third-order valence-corrected chi connectivity index (χ3v) is 4.28. The van der Waals surface area contributed by atoms with E-state index in [1.807, 2.05) is 0 Å². The van der Waals surface area contributed by atoms with Crippen molar-refractivity contribution in [3.63, 3.8) is 0 Å². The Morgan fingerprint density at radius 3 is 2.54 bits per heavy atom. The van der Waals surface area contributed by atoms with Gasteiger partial charge in [-0.25, -0.2) is 4.39 Å². The smallest absolute Gasteiger partial charge is 0.229 e. The number of hydrogen-bond acceptors (Lipinski definition) is 4. The predicted octanol–water partition coefficient (Wildman–Crippen LogP) is 2.83. The molecule has 2 amide bonds. The Kier molecular flexibility index (Phi) is 5.06. The van der Waals surface area contributed by atoms with Gasteiger partial charge in [0.25, 0.3) is 0 Å². The highest BCUT2D eigenvalue weighted by Crippen LogP contribution is 2.36. The van der Waals surface area contributed by atoms with E-state index < -0.39 is 5.92 Å². The van der Waals surface area contributed by atoms with Crippen LogP contribution in [0.15, 0.2) is 42.5 Å². The summed E-state index contributed by atoms with van der Waals surface area (Å²) in [5.74, 6) is -0.226. The van der Waals surface area contributed by atoms with Crippen molar-refractivity contribution < 1.29 is 23.5 Å². The van der Waals surface area contributed by atoms with Crippen LogP contribution in [-0.4, -0.2) is 32.6 Å². The van der Waals surface area contributed by atoms with Gasteiger partial charge in [0.05, 0.1) is 25.8 Å². The molecule has 2 aromatic carbocycles. The van der Waals surface area contributed by atoms with E-state index in [1.165, 1.54) is 43.4 Å². The highest BCUT2D eigenvalue weighted by Gasteiger charge is 2.36. The van der Waals surface area contributed by atoms with Gasteiger partial charge in [0.15, 0.2) is 0 Å². The van der Waals surface area contributed by atoms with Crippen LogP contribution in [0.3, 0.4) is 0 Å². The van der Waals surface area contributed by atoms with Gasteiger partial charge in [0.1, 0.15) is 17.3 Å². The fourth-order valence-corrected chi connectivity index (χ4v) is 2.90. The summed E-state index contributed by atoms with van der Waals surface area (Å²) in [5.41, 5.74) is 1.05. The van der Waals surface area contributed by atoms with Gasteiger partial charge in [-0.05, 0) is 36.4 Å². The summed E-state index contributed by atoms with van der Waals surface area (Å²) >= 11 is 0. The van der Waals surface area contributed by atoms with Crippen LogP contribution in [0, 0.1) is 11.7 Å². The third kappa shape index (κ3) is 3.61. The molecule has 1 atom stereocenters. The number of hydrogen-bond donors (Lipinski definition) is 1. The van der Waals surface area contributed by atoms with E-state index in [0.29, 0.717) is 22.9 Å². The first kappa shape index (κ1) is 17.7. The first-order chi connectivity index (χ1) is 12.5. The second-order valence-corrected chi connectivity index (χ2v) is 5.94. The molecule has 0 spiro atoms. The summed E-state index contributed by atoms with van der Waals surface area (Å²) in [6.45, 7) is 0.232. The van der Waals surface area contributed by atoms with E-state index in [2.05, 4.69) is 5.32 Å². The molecule has 0 aromatic heterocycles. The molecule has 1 fully saturated rings. The number of amides is 2. The third-order valence-electron chi connectivity index (χ3n) is 4.28. The molecule has 1 aliphatic heterocycles. The van der Waals surface area contributed by atoms with Crippen molar-refractivity contribution in [2.75, 3.05) is 31.0 Å². The molecule has 0 radical (unpaired) electrons. The normalized spacial score (nSPS) is 16.5. The minimum absolute atomic E-state index is 0.0907. The van der Waals surface area contributed by atoms with Crippen LogP contribution in [0.1, 0.15) is 6.42 Å². The van der Waals surface area contributed by atoms with Gasteiger partial charge in [-0.2, -0.15) is 0 Å². The molecule has 26 heavy (non-hydrogen) atoms. The number of halogens is 1. The van der Waals surface area contributed by atoms with Crippen molar-refractivity contribution in [1.29, 1.82) is 0 Å². The van der Waals surface area contributed by atoms with E-state index >= 15 is 0 Å². The number of carbonyl (C=O) groups excluding carboxylic acids is 2. The summed E-state index contributed by atoms with van der Waals surface area (Å²) in [6, 6.07) is 10.7. The topological polar surface area (TPSA) is 67.9 Å². The number of nitrogens with one attached hydrogen (secondary N) is 1. The van der Waals surface area contributed by atoms with Crippen molar-refractivity contribution in [2.24, 2.45) is 5.92 Å². The van der Waals surface area contributed by atoms with Crippen LogP contribution in [0.5, 0.6) is 11.5 Å². The molecule has 0 saturated carbocycles. The Hall–Kier alpha value is -3.09. The van der Waals surface area contributed by atoms with E-state index in [1.54, 1.807) is 18.2 Å². The maximum atomic E-state index is 13.0. The second kappa shape index (κ2) is 7.43. The van der Waals surface area contributed by atoms with Gasteiger partial charge in [-0.15, -0.1) is 0 Å². The quantitative estimate of drug-likeness (QED) is 0.892. The Morgan fingerprint density at radius 1 is 1.15 bits per heavy atom. The molecule has 1 aliphatic rings. The van der Waals surface area contributed by atoms with Crippen LogP contribution < -0.4 is 19.7 Å². The minimum Gasteiger partial charge on any atom is -0.497 e. The molecule has 0 unspecified atom stereocenters. The van der Waals surface area contributed by atoms with Gasteiger partial charge >= 0.3 is 0 Å². The lowest BCUT2D eigenvalue weighted by Gasteiger charge is -2.20. The molecule has 0 bridgehead atoms. The van der Waals surface area contributed by atoms with E-state index in [4.69, 9.17) is 9.47 Å². The standard InChI is InChI=1S/C19H19FN2O4/c1-25-15-7-8-17(26-2)16(10-15)22-11-12(9-18(22)23)19(24)21-14-5-3-13(20)4-6-14/h3-8,10,12H,9,11H2,1-2H3,(H,21,24)/t12-/m0/s1. The first-order valence-electron chi connectivity index (χ1n) is 8.10. The number of nitrogens with zero attached hydrogens (tertiary/aromatic N) is 1. The SMILES string of the molecule is COc1ccc(OC)c(N2C[C@@H](C(=O)Nc3ccc(F)cc3)CC2=O)c1. The average Bonchev–Trinajstić information content (AvgIpc) is 3.04. The summed E-state index contributed by atoms with van der Waals surface area (Å²) in [4.78, 5) is 26.4. The predicted molar refractivity (Wildman–Crippen MR) is 95.0 cm³/mol. The molecular formula is C19H19FN2O4. The Bertz CT molecular complexity index is 823. The van der Waals surface area contributed by atoms with Gasteiger partial charge in [-0.3, -0.25) is 9.59 Å². The van der Waals surface area contributed by atoms with Gasteiger partial charge in [0.2, 0.25) is 11.8 Å². The van der Waals surface area contributed by atoms with Gasteiger partial charge in [-0.1, -0.05) is 0 Å². The maximum absolute atomic E-state index is 13.0. The van der Waals surface area contributed by atoms with Crippen molar-refractivity contribution in [1.82, 2.24) is 0 Å². The highest BCUT2D eigenvalue weighted by molar-refractivity contribution is 6.04. The zero-order chi connectivity index (χ0) is 18.7. The van der Waals surface area contributed by atoms with Crippen LogP contribution >= 0.6 is 0 Å². The lowest BCUT2D eigenvalue weighted by Crippen LogP contribution is -2.28. The maximum Gasteiger partial charge on any atom is 0.229 e. The molecule has 3 rings (SSSR count). The van der Waals surface area contributed by atoms with E-state index in [0.717, 1.165) is 0 Å². The zero-order valence-electron chi connectivity index (χ0n) is 14.5. The Balaban J connectivity index is 1.76. The molecule has 0 aliphatic carbocycles. The molecule has 1 saturated heterocycles. The van der Waals surface area contributed by atoms with Crippen molar-refractivity contribution >= 4 is 23.2 Å². The number of ether oxygens (including phenoxy) is 2. The number of methoxy groups -OCH3 is 2. The lowest BCUT2D eigenvalue weighted by molar-refractivity contribution is -0.122. The summed E-state index contributed by atoms with van der Waals surface area (Å²) in [5, 5.41) is 2.71. The molecule has 2 aromatic rings.